The summed E-state index contributed by atoms with van der Waals surface area (Å²) in [4.78, 5) is 10.8. The zero-order chi connectivity index (χ0) is 9.52. The van der Waals surface area contributed by atoms with E-state index in [9.17, 15) is 4.79 Å². The standard InChI is InChI=1S/C9H17NO2S.ClH/c1-12-9(11)7-13-6-8-4-2-3-5-10-8;/h8,10H,2-7H2,1H3;1H. The molecule has 0 radical (unpaired) electrons. The van der Waals surface area contributed by atoms with E-state index in [0.717, 1.165) is 12.3 Å². The maximum absolute atomic E-state index is 10.8. The Morgan fingerprint density at radius 3 is 2.93 bits per heavy atom. The molecule has 0 aromatic heterocycles. The van der Waals surface area contributed by atoms with Crippen LogP contribution < -0.4 is 5.32 Å². The van der Waals surface area contributed by atoms with Gasteiger partial charge in [-0.2, -0.15) is 0 Å². The van der Waals surface area contributed by atoms with E-state index in [-0.39, 0.29) is 18.4 Å². The summed E-state index contributed by atoms with van der Waals surface area (Å²) in [6, 6.07) is 0.600. The Hall–Kier alpha value is 0.0700. The molecule has 0 saturated carbocycles. The summed E-state index contributed by atoms with van der Waals surface area (Å²) in [5.74, 6) is 1.38. The number of carbonyl (C=O) groups excluding carboxylic acids is 1. The molecule has 3 nitrogen and oxygen atoms in total. The van der Waals surface area contributed by atoms with Crippen molar-refractivity contribution in [2.75, 3.05) is 25.2 Å². The van der Waals surface area contributed by atoms with Crippen molar-refractivity contribution in [3.8, 4) is 0 Å². The van der Waals surface area contributed by atoms with E-state index >= 15 is 0 Å². The number of nitrogens with one attached hydrogen (secondary N) is 1. The van der Waals surface area contributed by atoms with Gasteiger partial charge in [0.1, 0.15) is 0 Å². The van der Waals surface area contributed by atoms with Gasteiger partial charge in [0.15, 0.2) is 0 Å². The topological polar surface area (TPSA) is 38.3 Å². The SMILES string of the molecule is COC(=O)CSCC1CCCCN1.Cl. The molecule has 0 aromatic rings. The van der Waals surface area contributed by atoms with E-state index in [4.69, 9.17) is 0 Å². The van der Waals surface area contributed by atoms with Gasteiger partial charge in [-0.3, -0.25) is 4.79 Å². The predicted octanol–water partition coefficient (Wildman–Crippen LogP) is 1.46. The predicted molar refractivity (Wildman–Crippen MR) is 62.2 cm³/mol. The minimum atomic E-state index is -0.124. The van der Waals surface area contributed by atoms with Gasteiger partial charge in [-0.1, -0.05) is 6.42 Å². The van der Waals surface area contributed by atoms with Crippen LogP contribution in [0.5, 0.6) is 0 Å². The van der Waals surface area contributed by atoms with Crippen molar-refractivity contribution >= 4 is 30.1 Å². The Morgan fingerprint density at radius 1 is 1.57 bits per heavy atom. The van der Waals surface area contributed by atoms with Crippen molar-refractivity contribution in [1.29, 1.82) is 0 Å². The van der Waals surface area contributed by atoms with Gasteiger partial charge in [-0.05, 0) is 19.4 Å². The first-order chi connectivity index (χ1) is 6.33. The number of carbonyl (C=O) groups is 1. The van der Waals surface area contributed by atoms with E-state index in [2.05, 4.69) is 10.1 Å². The molecule has 84 valence electrons. The number of esters is 1. The fourth-order valence-corrected chi connectivity index (χ4v) is 2.38. The van der Waals surface area contributed by atoms with Crippen LogP contribution in [0.2, 0.25) is 0 Å². The van der Waals surface area contributed by atoms with Crippen molar-refractivity contribution in [2.24, 2.45) is 0 Å². The fourth-order valence-electron chi connectivity index (χ4n) is 1.41. The molecule has 0 spiro atoms. The molecular weight excluding hydrogens is 222 g/mol. The lowest BCUT2D eigenvalue weighted by Crippen LogP contribution is -2.36. The average molecular weight is 240 g/mol. The third-order valence-electron chi connectivity index (χ3n) is 2.18. The van der Waals surface area contributed by atoms with Crippen LogP contribution in [0, 0.1) is 0 Å². The third-order valence-corrected chi connectivity index (χ3v) is 3.26. The van der Waals surface area contributed by atoms with Gasteiger partial charge < -0.3 is 10.1 Å². The van der Waals surface area contributed by atoms with Gasteiger partial charge >= 0.3 is 5.97 Å². The Balaban J connectivity index is 0.00000169. The van der Waals surface area contributed by atoms with Crippen LogP contribution in [0.1, 0.15) is 19.3 Å². The van der Waals surface area contributed by atoms with Crippen LogP contribution in [0.3, 0.4) is 0 Å². The molecule has 0 aromatic carbocycles. The van der Waals surface area contributed by atoms with Crippen molar-refractivity contribution in [3.05, 3.63) is 0 Å². The summed E-state index contributed by atoms with van der Waals surface area (Å²) >= 11 is 1.66. The number of hydrogen-bond acceptors (Lipinski definition) is 4. The van der Waals surface area contributed by atoms with Crippen LogP contribution in [0.25, 0.3) is 0 Å². The molecule has 1 heterocycles. The van der Waals surface area contributed by atoms with Gasteiger partial charge in [-0.25, -0.2) is 0 Å². The largest absolute Gasteiger partial charge is 0.468 e. The second kappa shape index (κ2) is 8.38. The highest BCUT2D eigenvalue weighted by Crippen LogP contribution is 2.12. The van der Waals surface area contributed by atoms with Crippen molar-refractivity contribution in [3.63, 3.8) is 0 Å². The lowest BCUT2D eigenvalue weighted by atomic mass is 10.1. The first-order valence-corrected chi connectivity index (χ1v) is 5.86. The first-order valence-electron chi connectivity index (χ1n) is 4.71. The van der Waals surface area contributed by atoms with Crippen molar-refractivity contribution in [2.45, 2.75) is 25.3 Å². The molecular formula is C9H18ClNO2S. The van der Waals surface area contributed by atoms with Crippen LogP contribution in [0.4, 0.5) is 0 Å². The van der Waals surface area contributed by atoms with E-state index in [1.807, 2.05) is 0 Å². The lowest BCUT2D eigenvalue weighted by Gasteiger charge is -2.22. The Bertz CT molecular complexity index is 163. The Kier molecular flexibility index (Phi) is 8.43. The molecule has 0 bridgehead atoms. The summed E-state index contributed by atoms with van der Waals surface area (Å²) in [5, 5.41) is 3.44. The summed E-state index contributed by atoms with van der Waals surface area (Å²) in [6.07, 6.45) is 3.85. The number of rotatable bonds is 4. The van der Waals surface area contributed by atoms with Gasteiger partial charge in [0, 0.05) is 11.8 Å². The fraction of sp³-hybridized carbons (Fsp3) is 0.889. The van der Waals surface area contributed by atoms with Crippen molar-refractivity contribution in [1.82, 2.24) is 5.32 Å². The molecule has 0 aliphatic carbocycles. The molecule has 1 unspecified atom stereocenters. The monoisotopic (exact) mass is 239 g/mol. The zero-order valence-electron chi connectivity index (χ0n) is 8.45. The number of thioether (sulfide) groups is 1. The molecule has 1 aliphatic rings. The zero-order valence-corrected chi connectivity index (χ0v) is 10.1. The molecule has 0 amide bonds. The number of methoxy groups -OCH3 is 1. The molecule has 5 heteroatoms. The van der Waals surface area contributed by atoms with Crippen LogP contribution in [-0.4, -0.2) is 37.2 Å². The third kappa shape index (κ3) is 5.73. The molecule has 1 N–H and O–H groups in total. The number of hydrogen-bond donors (Lipinski definition) is 1. The quantitative estimate of drug-likeness (QED) is 0.754. The maximum Gasteiger partial charge on any atom is 0.315 e. The highest BCUT2D eigenvalue weighted by atomic mass is 35.5. The second-order valence-electron chi connectivity index (χ2n) is 3.24. The molecule has 14 heavy (non-hydrogen) atoms. The van der Waals surface area contributed by atoms with Crippen LogP contribution >= 0.6 is 24.2 Å². The van der Waals surface area contributed by atoms with Gasteiger partial charge in [-0.15, -0.1) is 24.2 Å². The summed E-state index contributed by atoms with van der Waals surface area (Å²) < 4.78 is 4.56. The number of ether oxygens (including phenoxy) is 1. The molecule has 1 aliphatic heterocycles. The molecule has 1 rings (SSSR count). The Labute approximate surface area is 95.8 Å². The van der Waals surface area contributed by atoms with Crippen LogP contribution in [-0.2, 0) is 9.53 Å². The van der Waals surface area contributed by atoms with E-state index in [1.165, 1.54) is 26.4 Å². The number of halogens is 1. The van der Waals surface area contributed by atoms with Gasteiger partial charge in [0.2, 0.25) is 0 Å². The molecule has 1 fully saturated rings. The van der Waals surface area contributed by atoms with E-state index in [0.29, 0.717) is 11.8 Å². The summed E-state index contributed by atoms with van der Waals surface area (Å²) in [5.41, 5.74) is 0. The highest BCUT2D eigenvalue weighted by Gasteiger charge is 2.12. The molecule has 1 saturated heterocycles. The van der Waals surface area contributed by atoms with Crippen molar-refractivity contribution < 1.29 is 9.53 Å². The van der Waals surface area contributed by atoms with Gasteiger partial charge in [0.05, 0.1) is 12.9 Å². The first kappa shape index (κ1) is 14.1. The normalized spacial score (nSPS) is 21.1. The van der Waals surface area contributed by atoms with Gasteiger partial charge in [0.25, 0.3) is 0 Å². The summed E-state index contributed by atoms with van der Waals surface area (Å²) in [6.45, 7) is 1.13. The minimum Gasteiger partial charge on any atom is -0.468 e. The Morgan fingerprint density at radius 2 is 2.36 bits per heavy atom. The average Bonchev–Trinajstić information content (AvgIpc) is 2.19. The summed E-state index contributed by atoms with van der Waals surface area (Å²) in [7, 11) is 1.43. The lowest BCUT2D eigenvalue weighted by molar-refractivity contribution is -0.137. The second-order valence-corrected chi connectivity index (χ2v) is 4.27. The number of piperidine rings is 1. The van der Waals surface area contributed by atoms with E-state index < -0.39 is 0 Å². The maximum atomic E-state index is 10.8. The van der Waals surface area contributed by atoms with Crippen LogP contribution in [0.15, 0.2) is 0 Å². The van der Waals surface area contributed by atoms with E-state index in [1.54, 1.807) is 11.8 Å². The highest BCUT2D eigenvalue weighted by molar-refractivity contribution is 7.99. The smallest absolute Gasteiger partial charge is 0.315 e. The minimum absolute atomic E-state index is 0. The molecule has 1 atom stereocenters.